The van der Waals surface area contributed by atoms with Crippen LogP contribution in [0.3, 0.4) is 0 Å². The fourth-order valence-corrected chi connectivity index (χ4v) is 4.50. The number of thiazole rings is 1. The molecule has 142 valence electrons. The van der Waals surface area contributed by atoms with Crippen molar-refractivity contribution in [2.24, 2.45) is 0 Å². The van der Waals surface area contributed by atoms with Gasteiger partial charge in [0.25, 0.3) is 0 Å². The van der Waals surface area contributed by atoms with Gasteiger partial charge in [-0.15, -0.1) is 11.3 Å². The number of hydrogen-bond acceptors (Lipinski definition) is 6. The normalized spacial score (nSPS) is 17.2. The number of sulfonamides is 1. The van der Waals surface area contributed by atoms with E-state index in [0.29, 0.717) is 19.7 Å². The zero-order valence-corrected chi connectivity index (χ0v) is 16.9. The second kappa shape index (κ2) is 8.47. The standard InChI is InChI=1S/C18H25N3O3S2/c1-15-4-6-17(7-5-15)24-13-18-19-16(14-25-18)12-20-8-3-9-21(11-10-20)26(2,22)23/h4-7,14H,3,8-13H2,1-2H3. The van der Waals surface area contributed by atoms with Crippen LogP contribution in [0.1, 0.15) is 22.7 Å². The Hall–Kier alpha value is -1.48. The van der Waals surface area contributed by atoms with Gasteiger partial charge in [0, 0.05) is 31.6 Å². The van der Waals surface area contributed by atoms with Gasteiger partial charge in [0.05, 0.1) is 11.9 Å². The summed E-state index contributed by atoms with van der Waals surface area (Å²) >= 11 is 1.60. The molecule has 26 heavy (non-hydrogen) atoms. The minimum absolute atomic E-state index is 0.468. The van der Waals surface area contributed by atoms with Crippen LogP contribution in [0, 0.1) is 6.92 Å². The molecule has 1 fully saturated rings. The van der Waals surface area contributed by atoms with Crippen molar-refractivity contribution >= 4 is 21.4 Å². The summed E-state index contributed by atoms with van der Waals surface area (Å²) in [5.74, 6) is 0.848. The van der Waals surface area contributed by atoms with E-state index in [-0.39, 0.29) is 0 Å². The molecule has 1 aromatic heterocycles. The van der Waals surface area contributed by atoms with Crippen molar-refractivity contribution in [1.82, 2.24) is 14.2 Å². The van der Waals surface area contributed by atoms with E-state index in [2.05, 4.69) is 22.2 Å². The molecule has 1 aromatic carbocycles. The van der Waals surface area contributed by atoms with Gasteiger partial charge in [-0.1, -0.05) is 17.7 Å². The van der Waals surface area contributed by atoms with Crippen LogP contribution >= 0.6 is 11.3 Å². The summed E-state index contributed by atoms with van der Waals surface area (Å²) < 4.78 is 30.7. The van der Waals surface area contributed by atoms with Crippen molar-refractivity contribution in [3.05, 3.63) is 45.9 Å². The zero-order valence-electron chi connectivity index (χ0n) is 15.2. The third-order valence-corrected chi connectivity index (χ3v) is 6.56. The zero-order chi connectivity index (χ0) is 18.6. The Morgan fingerprint density at radius 2 is 1.92 bits per heavy atom. The summed E-state index contributed by atoms with van der Waals surface area (Å²) in [4.78, 5) is 6.92. The third-order valence-electron chi connectivity index (χ3n) is 4.38. The first-order valence-electron chi connectivity index (χ1n) is 8.70. The fourth-order valence-electron chi connectivity index (χ4n) is 2.93. The minimum atomic E-state index is -3.10. The number of aromatic nitrogens is 1. The topological polar surface area (TPSA) is 62.7 Å². The van der Waals surface area contributed by atoms with Crippen LogP contribution in [-0.4, -0.2) is 55.0 Å². The molecule has 0 bridgehead atoms. The number of nitrogens with zero attached hydrogens (tertiary/aromatic N) is 3. The lowest BCUT2D eigenvalue weighted by molar-refractivity contribution is 0.274. The molecule has 0 spiro atoms. The molecule has 0 unspecified atom stereocenters. The van der Waals surface area contributed by atoms with Gasteiger partial charge in [0.2, 0.25) is 10.0 Å². The Balaban J connectivity index is 1.51. The number of hydrogen-bond donors (Lipinski definition) is 0. The Labute approximate surface area is 159 Å². The molecule has 1 aliphatic heterocycles. The average molecular weight is 396 g/mol. The van der Waals surface area contributed by atoms with Crippen LogP contribution in [0.15, 0.2) is 29.6 Å². The Kier molecular flexibility index (Phi) is 6.29. The summed E-state index contributed by atoms with van der Waals surface area (Å²) in [5.41, 5.74) is 2.23. The van der Waals surface area contributed by atoms with Crippen LogP contribution in [-0.2, 0) is 23.2 Å². The van der Waals surface area contributed by atoms with Crippen molar-refractivity contribution in [1.29, 1.82) is 0 Å². The predicted molar refractivity (Wildman–Crippen MR) is 104 cm³/mol. The van der Waals surface area contributed by atoms with Crippen molar-refractivity contribution in [2.45, 2.75) is 26.5 Å². The fraction of sp³-hybridized carbons (Fsp3) is 0.500. The monoisotopic (exact) mass is 395 g/mol. The molecule has 0 radical (unpaired) electrons. The highest BCUT2D eigenvalue weighted by atomic mass is 32.2. The molecule has 0 saturated carbocycles. The van der Waals surface area contributed by atoms with E-state index < -0.39 is 10.0 Å². The average Bonchev–Trinajstić information content (AvgIpc) is 2.89. The Morgan fingerprint density at radius 3 is 2.65 bits per heavy atom. The highest BCUT2D eigenvalue weighted by molar-refractivity contribution is 7.88. The second-order valence-corrected chi connectivity index (χ2v) is 9.55. The number of aryl methyl sites for hydroxylation is 1. The largest absolute Gasteiger partial charge is 0.486 e. The molecular formula is C18H25N3O3S2. The summed E-state index contributed by atoms with van der Waals surface area (Å²) in [5, 5.41) is 3.01. The van der Waals surface area contributed by atoms with Crippen molar-refractivity contribution < 1.29 is 13.2 Å². The maximum absolute atomic E-state index is 11.7. The van der Waals surface area contributed by atoms with Gasteiger partial charge in [-0.05, 0) is 32.0 Å². The van der Waals surface area contributed by atoms with Gasteiger partial charge in [-0.25, -0.2) is 17.7 Å². The number of benzene rings is 1. The second-order valence-electron chi connectivity index (χ2n) is 6.63. The van der Waals surface area contributed by atoms with E-state index in [9.17, 15) is 8.42 Å². The maximum Gasteiger partial charge on any atom is 0.211 e. The molecule has 1 saturated heterocycles. The van der Waals surface area contributed by atoms with E-state index in [0.717, 1.165) is 42.5 Å². The summed E-state index contributed by atoms with van der Waals surface area (Å²) in [6.45, 7) is 6.04. The van der Waals surface area contributed by atoms with Crippen molar-refractivity contribution in [3.8, 4) is 5.75 Å². The number of rotatable bonds is 6. The van der Waals surface area contributed by atoms with E-state index in [1.807, 2.05) is 24.3 Å². The predicted octanol–water partition coefficient (Wildman–Crippen LogP) is 2.50. The quantitative estimate of drug-likeness (QED) is 0.752. The van der Waals surface area contributed by atoms with E-state index >= 15 is 0 Å². The molecule has 0 aliphatic carbocycles. The molecule has 2 heterocycles. The SMILES string of the molecule is Cc1ccc(OCc2nc(CN3CCCN(S(C)(=O)=O)CC3)cs2)cc1. The summed E-state index contributed by atoms with van der Waals surface area (Å²) in [6, 6.07) is 7.99. The van der Waals surface area contributed by atoms with Crippen LogP contribution in [0.25, 0.3) is 0 Å². The summed E-state index contributed by atoms with van der Waals surface area (Å²) in [7, 11) is -3.10. The minimum Gasteiger partial charge on any atom is -0.486 e. The highest BCUT2D eigenvalue weighted by Gasteiger charge is 2.21. The summed E-state index contributed by atoms with van der Waals surface area (Å²) in [6.07, 6.45) is 2.13. The molecule has 3 rings (SSSR count). The van der Waals surface area contributed by atoms with Gasteiger partial charge in [0.1, 0.15) is 17.4 Å². The first-order chi connectivity index (χ1) is 12.4. The lowest BCUT2D eigenvalue weighted by atomic mass is 10.2. The van der Waals surface area contributed by atoms with Gasteiger partial charge in [-0.3, -0.25) is 4.90 Å². The van der Waals surface area contributed by atoms with Crippen LogP contribution in [0.5, 0.6) is 5.75 Å². The molecular weight excluding hydrogens is 370 g/mol. The van der Waals surface area contributed by atoms with Crippen LogP contribution in [0.4, 0.5) is 0 Å². The first kappa shape index (κ1) is 19.3. The molecule has 2 aromatic rings. The number of ether oxygens (including phenoxy) is 1. The van der Waals surface area contributed by atoms with Gasteiger partial charge in [0.15, 0.2) is 0 Å². The third kappa shape index (κ3) is 5.51. The van der Waals surface area contributed by atoms with Crippen LogP contribution < -0.4 is 4.74 Å². The van der Waals surface area contributed by atoms with Crippen molar-refractivity contribution in [2.75, 3.05) is 32.4 Å². The smallest absolute Gasteiger partial charge is 0.211 e. The van der Waals surface area contributed by atoms with E-state index in [1.165, 1.54) is 11.8 Å². The van der Waals surface area contributed by atoms with Crippen LogP contribution in [0.2, 0.25) is 0 Å². The Morgan fingerprint density at radius 1 is 1.15 bits per heavy atom. The molecule has 1 aliphatic rings. The van der Waals surface area contributed by atoms with Gasteiger partial charge in [-0.2, -0.15) is 0 Å². The molecule has 8 heteroatoms. The van der Waals surface area contributed by atoms with E-state index in [4.69, 9.17) is 4.74 Å². The lowest BCUT2D eigenvalue weighted by Crippen LogP contribution is -2.34. The highest BCUT2D eigenvalue weighted by Crippen LogP contribution is 2.17. The van der Waals surface area contributed by atoms with Gasteiger partial charge >= 0.3 is 0 Å². The molecule has 0 amide bonds. The Bertz CT molecular complexity index is 818. The first-order valence-corrected chi connectivity index (χ1v) is 11.4. The lowest BCUT2D eigenvalue weighted by Gasteiger charge is -2.19. The van der Waals surface area contributed by atoms with E-state index in [1.54, 1.807) is 15.6 Å². The molecule has 6 nitrogen and oxygen atoms in total. The van der Waals surface area contributed by atoms with Gasteiger partial charge < -0.3 is 4.74 Å². The van der Waals surface area contributed by atoms with Crippen molar-refractivity contribution in [3.63, 3.8) is 0 Å². The maximum atomic E-state index is 11.7. The molecule has 0 atom stereocenters. The molecule has 0 N–H and O–H groups in total.